The molecule has 2 N–H and O–H groups in total. The Balaban J connectivity index is 1.70. The Morgan fingerprint density at radius 3 is 2.65 bits per heavy atom. The zero-order chi connectivity index (χ0) is 14.2. The highest BCUT2D eigenvalue weighted by Crippen LogP contribution is 2.13. The normalized spacial score (nSPS) is 10.2. The molecule has 2 aromatic rings. The first-order valence-electron chi connectivity index (χ1n) is 6.36. The zero-order valence-corrected chi connectivity index (χ0v) is 11.7. The van der Waals surface area contributed by atoms with E-state index in [-0.39, 0.29) is 12.5 Å². The molecule has 0 spiro atoms. The summed E-state index contributed by atoms with van der Waals surface area (Å²) < 4.78 is 0. The number of nitrogens with zero attached hydrogens (tertiary/aromatic N) is 1. The molecule has 104 valence electrons. The lowest BCUT2D eigenvalue weighted by Crippen LogP contribution is -2.33. The summed E-state index contributed by atoms with van der Waals surface area (Å²) in [4.78, 5) is 15.8. The number of hydrogen-bond acceptors (Lipinski definition) is 3. The summed E-state index contributed by atoms with van der Waals surface area (Å²) in [6.45, 7) is 1.26. The second kappa shape index (κ2) is 7.62. The molecule has 0 atom stereocenters. The van der Waals surface area contributed by atoms with Crippen LogP contribution < -0.4 is 10.6 Å². The monoisotopic (exact) mass is 289 g/mol. The number of nitrogens with one attached hydrogen (secondary N) is 2. The lowest BCUT2D eigenvalue weighted by Gasteiger charge is -2.07. The molecular formula is C15H16ClN3O. The smallest absolute Gasteiger partial charge is 0.234 e. The second-order valence-corrected chi connectivity index (χ2v) is 4.70. The predicted octanol–water partition coefficient (Wildman–Crippen LogP) is 2.14. The molecule has 0 bridgehead atoms. The molecular weight excluding hydrogens is 274 g/mol. The molecule has 2 rings (SSSR count). The molecule has 0 saturated heterocycles. The first-order valence-corrected chi connectivity index (χ1v) is 6.74. The minimum Gasteiger partial charge on any atom is -0.351 e. The van der Waals surface area contributed by atoms with Crippen molar-refractivity contribution in [3.8, 4) is 0 Å². The van der Waals surface area contributed by atoms with E-state index in [4.69, 9.17) is 11.6 Å². The summed E-state index contributed by atoms with van der Waals surface area (Å²) in [5.41, 5.74) is 1.82. The standard InChI is InChI=1S/C15H16ClN3O/c16-14-7-2-1-5-12(14)9-19-15(20)11-17-10-13-6-3-4-8-18-13/h1-8,17H,9-11H2,(H,19,20). The van der Waals surface area contributed by atoms with Crippen molar-refractivity contribution in [2.24, 2.45) is 0 Å². The number of benzene rings is 1. The summed E-state index contributed by atoms with van der Waals surface area (Å²) in [7, 11) is 0. The van der Waals surface area contributed by atoms with E-state index in [1.54, 1.807) is 6.20 Å². The average molecular weight is 290 g/mol. The van der Waals surface area contributed by atoms with Crippen molar-refractivity contribution >= 4 is 17.5 Å². The molecule has 1 amide bonds. The lowest BCUT2D eigenvalue weighted by atomic mass is 10.2. The van der Waals surface area contributed by atoms with Crippen LogP contribution in [-0.4, -0.2) is 17.4 Å². The maximum atomic E-state index is 11.7. The van der Waals surface area contributed by atoms with Crippen LogP contribution in [0.15, 0.2) is 48.7 Å². The highest BCUT2D eigenvalue weighted by Gasteiger charge is 2.03. The van der Waals surface area contributed by atoms with Gasteiger partial charge in [-0.05, 0) is 23.8 Å². The Morgan fingerprint density at radius 1 is 1.10 bits per heavy atom. The fraction of sp³-hybridized carbons (Fsp3) is 0.200. The molecule has 1 heterocycles. The van der Waals surface area contributed by atoms with Gasteiger partial charge >= 0.3 is 0 Å². The number of carbonyl (C=O) groups is 1. The molecule has 0 fully saturated rings. The highest BCUT2D eigenvalue weighted by molar-refractivity contribution is 6.31. The Hall–Kier alpha value is -1.91. The van der Waals surface area contributed by atoms with Crippen molar-refractivity contribution in [1.82, 2.24) is 15.6 Å². The molecule has 1 aromatic carbocycles. The van der Waals surface area contributed by atoms with Crippen molar-refractivity contribution in [2.45, 2.75) is 13.1 Å². The van der Waals surface area contributed by atoms with Crippen molar-refractivity contribution in [2.75, 3.05) is 6.54 Å². The number of amides is 1. The Bertz CT molecular complexity index is 560. The van der Waals surface area contributed by atoms with Crippen LogP contribution in [0.5, 0.6) is 0 Å². The van der Waals surface area contributed by atoms with Gasteiger partial charge in [-0.1, -0.05) is 35.9 Å². The molecule has 0 unspecified atom stereocenters. The van der Waals surface area contributed by atoms with Crippen molar-refractivity contribution in [3.05, 3.63) is 64.9 Å². The van der Waals surface area contributed by atoms with Gasteiger partial charge in [-0.25, -0.2) is 0 Å². The van der Waals surface area contributed by atoms with Crippen LogP contribution in [0.3, 0.4) is 0 Å². The maximum Gasteiger partial charge on any atom is 0.234 e. The summed E-state index contributed by atoms with van der Waals surface area (Å²) in [6, 6.07) is 13.1. The molecule has 4 nitrogen and oxygen atoms in total. The van der Waals surface area contributed by atoms with Crippen LogP contribution in [0.2, 0.25) is 5.02 Å². The predicted molar refractivity (Wildman–Crippen MR) is 79.2 cm³/mol. The number of hydrogen-bond donors (Lipinski definition) is 2. The molecule has 0 aliphatic rings. The van der Waals surface area contributed by atoms with Gasteiger partial charge in [0.15, 0.2) is 0 Å². The van der Waals surface area contributed by atoms with E-state index < -0.39 is 0 Å². The largest absolute Gasteiger partial charge is 0.351 e. The van der Waals surface area contributed by atoms with Gasteiger partial charge in [0.05, 0.1) is 12.2 Å². The molecule has 20 heavy (non-hydrogen) atoms. The molecule has 1 aromatic heterocycles. The summed E-state index contributed by atoms with van der Waals surface area (Å²) in [6.07, 6.45) is 1.73. The molecule has 0 saturated carbocycles. The van der Waals surface area contributed by atoms with Gasteiger partial charge in [0, 0.05) is 24.3 Å². The van der Waals surface area contributed by atoms with E-state index >= 15 is 0 Å². The molecule has 0 radical (unpaired) electrons. The van der Waals surface area contributed by atoms with Crippen LogP contribution in [0.25, 0.3) is 0 Å². The lowest BCUT2D eigenvalue weighted by molar-refractivity contribution is -0.120. The number of pyridine rings is 1. The van der Waals surface area contributed by atoms with Crippen LogP contribution in [0.1, 0.15) is 11.3 Å². The van der Waals surface area contributed by atoms with Crippen LogP contribution in [0, 0.1) is 0 Å². The van der Waals surface area contributed by atoms with Crippen molar-refractivity contribution in [3.63, 3.8) is 0 Å². The fourth-order valence-electron chi connectivity index (χ4n) is 1.70. The molecule has 0 aliphatic carbocycles. The minimum atomic E-state index is -0.0687. The molecule has 5 heteroatoms. The third kappa shape index (κ3) is 4.64. The maximum absolute atomic E-state index is 11.7. The summed E-state index contributed by atoms with van der Waals surface area (Å²) in [5.74, 6) is -0.0687. The van der Waals surface area contributed by atoms with Crippen LogP contribution >= 0.6 is 11.6 Å². The van der Waals surface area contributed by atoms with Gasteiger partial charge in [-0.2, -0.15) is 0 Å². The summed E-state index contributed by atoms with van der Waals surface area (Å²) >= 11 is 6.02. The van der Waals surface area contributed by atoms with Gasteiger partial charge in [0.25, 0.3) is 0 Å². The number of halogens is 1. The minimum absolute atomic E-state index is 0.0687. The zero-order valence-electron chi connectivity index (χ0n) is 11.0. The fourth-order valence-corrected chi connectivity index (χ4v) is 1.91. The highest BCUT2D eigenvalue weighted by atomic mass is 35.5. The van der Waals surface area contributed by atoms with E-state index in [0.29, 0.717) is 18.1 Å². The van der Waals surface area contributed by atoms with E-state index in [1.165, 1.54) is 0 Å². The number of carbonyl (C=O) groups excluding carboxylic acids is 1. The van der Waals surface area contributed by atoms with Gasteiger partial charge in [-0.15, -0.1) is 0 Å². The van der Waals surface area contributed by atoms with E-state index in [0.717, 1.165) is 11.3 Å². The van der Waals surface area contributed by atoms with E-state index in [2.05, 4.69) is 15.6 Å². The second-order valence-electron chi connectivity index (χ2n) is 4.29. The van der Waals surface area contributed by atoms with E-state index in [9.17, 15) is 4.79 Å². The first-order chi connectivity index (χ1) is 9.75. The van der Waals surface area contributed by atoms with Gasteiger partial charge in [0.1, 0.15) is 0 Å². The first kappa shape index (κ1) is 14.5. The quantitative estimate of drug-likeness (QED) is 0.857. The van der Waals surface area contributed by atoms with Crippen LogP contribution in [0.4, 0.5) is 0 Å². The Kier molecular flexibility index (Phi) is 5.53. The van der Waals surface area contributed by atoms with Gasteiger partial charge < -0.3 is 10.6 Å². The summed E-state index contributed by atoms with van der Waals surface area (Å²) in [5, 5.41) is 6.53. The third-order valence-corrected chi connectivity index (χ3v) is 3.12. The average Bonchev–Trinajstić information content (AvgIpc) is 2.47. The topological polar surface area (TPSA) is 54.0 Å². The van der Waals surface area contributed by atoms with Crippen molar-refractivity contribution in [1.29, 1.82) is 0 Å². The molecule has 0 aliphatic heterocycles. The number of aromatic nitrogens is 1. The van der Waals surface area contributed by atoms with Gasteiger partial charge in [0.2, 0.25) is 5.91 Å². The SMILES string of the molecule is O=C(CNCc1ccccn1)NCc1ccccc1Cl. The third-order valence-electron chi connectivity index (χ3n) is 2.75. The van der Waals surface area contributed by atoms with Crippen LogP contribution in [-0.2, 0) is 17.9 Å². The Morgan fingerprint density at radius 2 is 1.90 bits per heavy atom. The van der Waals surface area contributed by atoms with Crippen molar-refractivity contribution < 1.29 is 4.79 Å². The van der Waals surface area contributed by atoms with E-state index in [1.807, 2.05) is 42.5 Å². The Labute approximate surface area is 123 Å². The van der Waals surface area contributed by atoms with Gasteiger partial charge in [-0.3, -0.25) is 9.78 Å². The number of rotatable bonds is 6.